The van der Waals surface area contributed by atoms with Crippen LogP contribution in [0.5, 0.6) is 0 Å². The van der Waals surface area contributed by atoms with Crippen LogP contribution in [-0.2, 0) is 6.54 Å². The minimum atomic E-state index is -0.203. The monoisotopic (exact) mass is 292 g/mol. The highest BCUT2D eigenvalue weighted by Crippen LogP contribution is 2.26. The minimum absolute atomic E-state index is 0.203. The van der Waals surface area contributed by atoms with Crippen LogP contribution in [0.25, 0.3) is 11.1 Å². The Kier molecular flexibility index (Phi) is 4.47. The molecule has 0 fully saturated rings. The molecule has 0 bridgehead atoms. The van der Waals surface area contributed by atoms with Crippen molar-refractivity contribution in [1.82, 2.24) is 5.43 Å². The number of hydrogen-bond donors (Lipinski definition) is 2. The van der Waals surface area contributed by atoms with E-state index in [9.17, 15) is 4.39 Å². The van der Waals surface area contributed by atoms with Gasteiger partial charge in [0.05, 0.1) is 0 Å². The van der Waals surface area contributed by atoms with E-state index < -0.39 is 0 Å². The van der Waals surface area contributed by atoms with E-state index in [-0.39, 0.29) is 5.82 Å². The van der Waals surface area contributed by atoms with Crippen molar-refractivity contribution < 1.29 is 4.39 Å². The van der Waals surface area contributed by atoms with E-state index in [1.165, 1.54) is 6.07 Å². The van der Waals surface area contributed by atoms with Crippen molar-refractivity contribution in [1.29, 1.82) is 0 Å². The second-order valence-corrected chi connectivity index (χ2v) is 4.98. The van der Waals surface area contributed by atoms with Crippen LogP contribution in [0.2, 0.25) is 0 Å². The van der Waals surface area contributed by atoms with E-state index in [1.54, 1.807) is 12.1 Å². The fourth-order valence-corrected chi connectivity index (χ4v) is 2.38. The number of halogens is 1. The summed E-state index contributed by atoms with van der Waals surface area (Å²) in [4.78, 5) is 0. The van der Waals surface area contributed by atoms with Crippen LogP contribution >= 0.6 is 0 Å². The van der Waals surface area contributed by atoms with Gasteiger partial charge in [-0.3, -0.25) is 0 Å². The summed E-state index contributed by atoms with van der Waals surface area (Å²) in [5.74, 6) is -0.203. The van der Waals surface area contributed by atoms with E-state index in [0.29, 0.717) is 12.1 Å². The van der Waals surface area contributed by atoms with Gasteiger partial charge < -0.3 is 5.43 Å². The second-order valence-electron chi connectivity index (χ2n) is 4.98. The van der Waals surface area contributed by atoms with Crippen LogP contribution in [0, 0.1) is 5.82 Å². The molecule has 0 heterocycles. The Morgan fingerprint density at radius 3 is 2.09 bits per heavy atom. The van der Waals surface area contributed by atoms with Gasteiger partial charge in [0.2, 0.25) is 0 Å². The molecule has 2 nitrogen and oxygen atoms in total. The molecule has 0 spiro atoms. The topological polar surface area (TPSA) is 24.1 Å². The average molecular weight is 292 g/mol. The van der Waals surface area contributed by atoms with Gasteiger partial charge in [-0.25, -0.2) is 9.82 Å². The summed E-state index contributed by atoms with van der Waals surface area (Å²) in [7, 11) is 0. The maximum absolute atomic E-state index is 14.0. The number of rotatable bonds is 5. The number of nitrogens with one attached hydrogen (secondary N) is 2. The molecule has 3 aromatic carbocycles. The lowest BCUT2D eigenvalue weighted by Gasteiger charge is -2.13. The lowest BCUT2D eigenvalue weighted by atomic mass is 9.99. The van der Waals surface area contributed by atoms with Crippen molar-refractivity contribution in [3.63, 3.8) is 0 Å². The Labute approximate surface area is 129 Å². The molecule has 110 valence electrons. The zero-order valence-electron chi connectivity index (χ0n) is 12.1. The summed E-state index contributed by atoms with van der Waals surface area (Å²) in [6.45, 7) is 0.597. The fourth-order valence-electron chi connectivity index (χ4n) is 2.38. The quantitative estimate of drug-likeness (QED) is 0.671. The van der Waals surface area contributed by atoms with Gasteiger partial charge in [0, 0.05) is 17.8 Å². The number of hydrogen-bond acceptors (Lipinski definition) is 2. The van der Waals surface area contributed by atoms with E-state index in [0.717, 1.165) is 16.8 Å². The van der Waals surface area contributed by atoms with E-state index in [2.05, 4.69) is 10.9 Å². The van der Waals surface area contributed by atoms with Gasteiger partial charge in [-0.15, -0.1) is 0 Å². The lowest BCUT2D eigenvalue weighted by Crippen LogP contribution is -2.21. The first kappa shape index (κ1) is 14.3. The zero-order chi connectivity index (χ0) is 15.2. The maximum Gasteiger partial charge on any atom is 0.131 e. The summed E-state index contributed by atoms with van der Waals surface area (Å²) in [5, 5.41) is 0. The zero-order valence-corrected chi connectivity index (χ0v) is 12.1. The van der Waals surface area contributed by atoms with Gasteiger partial charge in [-0.05, 0) is 29.3 Å². The average Bonchev–Trinajstić information content (AvgIpc) is 2.57. The Morgan fingerprint density at radius 2 is 1.32 bits per heavy atom. The third-order valence-electron chi connectivity index (χ3n) is 3.47. The van der Waals surface area contributed by atoms with Gasteiger partial charge in [0.1, 0.15) is 5.82 Å². The van der Waals surface area contributed by atoms with Crippen molar-refractivity contribution in [2.75, 3.05) is 5.43 Å². The van der Waals surface area contributed by atoms with Crippen LogP contribution in [-0.4, -0.2) is 0 Å². The highest BCUT2D eigenvalue weighted by molar-refractivity contribution is 5.67. The third kappa shape index (κ3) is 3.32. The molecule has 0 saturated heterocycles. The molecular weight excluding hydrogens is 275 g/mol. The Hall–Kier alpha value is -2.65. The van der Waals surface area contributed by atoms with Crippen LogP contribution in [0.1, 0.15) is 5.56 Å². The number of benzene rings is 3. The molecule has 0 amide bonds. The molecular formula is C19H17FN2. The first-order valence-electron chi connectivity index (χ1n) is 7.21. The molecule has 3 aromatic rings. The van der Waals surface area contributed by atoms with E-state index in [4.69, 9.17) is 0 Å². The van der Waals surface area contributed by atoms with Gasteiger partial charge in [0.25, 0.3) is 0 Å². The molecule has 2 N–H and O–H groups in total. The first-order valence-corrected chi connectivity index (χ1v) is 7.21. The number of para-hydroxylation sites is 1. The van der Waals surface area contributed by atoms with Crippen molar-refractivity contribution in [2.45, 2.75) is 6.54 Å². The molecule has 3 heteroatoms. The highest BCUT2D eigenvalue weighted by atomic mass is 19.1. The minimum Gasteiger partial charge on any atom is -0.321 e. The van der Waals surface area contributed by atoms with Crippen LogP contribution in [0.15, 0.2) is 78.9 Å². The molecule has 3 rings (SSSR count). The van der Waals surface area contributed by atoms with Crippen LogP contribution < -0.4 is 10.9 Å². The van der Waals surface area contributed by atoms with Gasteiger partial charge in [-0.1, -0.05) is 60.7 Å². The third-order valence-corrected chi connectivity index (χ3v) is 3.47. The smallest absolute Gasteiger partial charge is 0.131 e. The van der Waals surface area contributed by atoms with Crippen LogP contribution in [0.3, 0.4) is 0 Å². The van der Waals surface area contributed by atoms with Crippen LogP contribution in [0.4, 0.5) is 10.1 Å². The second kappa shape index (κ2) is 6.87. The number of anilines is 1. The summed E-state index contributed by atoms with van der Waals surface area (Å²) < 4.78 is 14.0. The molecule has 0 unspecified atom stereocenters. The van der Waals surface area contributed by atoms with Crippen molar-refractivity contribution >= 4 is 5.69 Å². The molecule has 0 radical (unpaired) electrons. The standard InChI is InChI=1S/C19H17FN2/c20-19-13-7-6-12-18(19)17-11-5-4-8-15(17)14-21-22-16-9-2-1-3-10-16/h1-13,21-22H,14H2. The summed E-state index contributed by atoms with van der Waals surface area (Å²) in [5.41, 5.74) is 9.88. The van der Waals surface area contributed by atoms with E-state index in [1.807, 2.05) is 60.7 Å². The van der Waals surface area contributed by atoms with Crippen molar-refractivity contribution in [3.8, 4) is 11.1 Å². The summed E-state index contributed by atoms with van der Waals surface area (Å²) >= 11 is 0. The molecule has 0 atom stereocenters. The fraction of sp³-hybridized carbons (Fsp3) is 0.0526. The van der Waals surface area contributed by atoms with E-state index >= 15 is 0 Å². The van der Waals surface area contributed by atoms with Crippen molar-refractivity contribution in [3.05, 3.63) is 90.2 Å². The molecule has 22 heavy (non-hydrogen) atoms. The highest BCUT2D eigenvalue weighted by Gasteiger charge is 2.08. The summed E-state index contributed by atoms with van der Waals surface area (Å²) in [6, 6.07) is 24.6. The SMILES string of the molecule is Fc1ccccc1-c1ccccc1CNNc1ccccc1. The summed E-state index contributed by atoms with van der Waals surface area (Å²) in [6.07, 6.45) is 0. The predicted octanol–water partition coefficient (Wildman–Crippen LogP) is 4.61. The maximum atomic E-state index is 14.0. The largest absolute Gasteiger partial charge is 0.321 e. The predicted molar refractivity (Wildman–Crippen MR) is 88.7 cm³/mol. The Bertz CT molecular complexity index is 741. The van der Waals surface area contributed by atoms with Gasteiger partial charge in [0.15, 0.2) is 0 Å². The van der Waals surface area contributed by atoms with Gasteiger partial charge in [-0.2, -0.15) is 0 Å². The Balaban J connectivity index is 1.76. The number of hydrazine groups is 1. The first-order chi connectivity index (χ1) is 10.8. The van der Waals surface area contributed by atoms with Crippen molar-refractivity contribution in [2.24, 2.45) is 0 Å². The molecule has 0 aliphatic rings. The normalized spacial score (nSPS) is 10.4. The molecule has 0 aromatic heterocycles. The molecule has 0 saturated carbocycles. The van der Waals surface area contributed by atoms with Gasteiger partial charge >= 0.3 is 0 Å². The molecule has 0 aliphatic carbocycles. The molecule has 0 aliphatic heterocycles. The lowest BCUT2D eigenvalue weighted by molar-refractivity contribution is 0.631. The Morgan fingerprint density at radius 1 is 0.682 bits per heavy atom.